The highest BCUT2D eigenvalue weighted by molar-refractivity contribution is 7.15. The Labute approximate surface area is 164 Å². The van der Waals surface area contributed by atoms with Crippen molar-refractivity contribution in [2.75, 3.05) is 19.0 Å². The summed E-state index contributed by atoms with van der Waals surface area (Å²) in [4.78, 5) is 23.0. The molecule has 10 heteroatoms. The van der Waals surface area contributed by atoms with Gasteiger partial charge in [-0.25, -0.2) is 0 Å². The number of nitrogens with zero attached hydrogens (tertiary/aromatic N) is 3. The second-order valence-electron chi connectivity index (χ2n) is 5.51. The number of hydrogen-bond acceptors (Lipinski definition) is 8. The minimum absolute atomic E-state index is 0.117. The molecule has 0 aliphatic rings. The molecule has 0 saturated heterocycles. The second-order valence-corrected chi connectivity index (χ2v) is 6.57. The molecule has 1 N–H and O–H groups in total. The number of benzene rings is 2. The molecule has 0 aliphatic carbocycles. The molecule has 0 radical (unpaired) electrons. The lowest BCUT2D eigenvalue weighted by molar-refractivity contribution is -0.385. The van der Waals surface area contributed by atoms with Crippen LogP contribution in [0.4, 0.5) is 10.8 Å². The van der Waals surface area contributed by atoms with E-state index in [-0.39, 0.29) is 16.4 Å². The van der Waals surface area contributed by atoms with E-state index in [4.69, 9.17) is 9.47 Å². The molecule has 0 spiro atoms. The Morgan fingerprint density at radius 2 is 1.96 bits per heavy atom. The minimum Gasteiger partial charge on any atom is -0.497 e. The third-order valence-electron chi connectivity index (χ3n) is 3.66. The van der Waals surface area contributed by atoms with Crippen LogP contribution in [0.25, 0.3) is 0 Å². The number of nitro groups is 1. The van der Waals surface area contributed by atoms with Gasteiger partial charge in [-0.1, -0.05) is 29.5 Å². The number of nitro benzene ring substituents is 1. The van der Waals surface area contributed by atoms with Crippen LogP contribution in [0.1, 0.15) is 15.4 Å². The molecule has 0 saturated carbocycles. The Bertz CT molecular complexity index is 977. The van der Waals surface area contributed by atoms with Crippen molar-refractivity contribution in [2.24, 2.45) is 0 Å². The predicted octanol–water partition coefficient (Wildman–Crippen LogP) is 3.33. The molecule has 2 aromatic carbocycles. The molecule has 0 aliphatic heterocycles. The quantitative estimate of drug-likeness (QED) is 0.455. The number of ether oxygens (including phenoxy) is 2. The van der Waals surface area contributed by atoms with Gasteiger partial charge in [-0.3, -0.25) is 20.2 Å². The molecule has 9 nitrogen and oxygen atoms in total. The Kier molecular flexibility index (Phi) is 6.12. The lowest BCUT2D eigenvalue weighted by Gasteiger charge is -2.05. The topological polar surface area (TPSA) is 116 Å². The van der Waals surface area contributed by atoms with Gasteiger partial charge in [-0.2, -0.15) is 0 Å². The van der Waals surface area contributed by atoms with Crippen molar-refractivity contribution in [3.63, 3.8) is 0 Å². The first kappa shape index (κ1) is 19.2. The Morgan fingerprint density at radius 1 is 1.18 bits per heavy atom. The number of para-hydroxylation sites is 1. The Morgan fingerprint density at radius 3 is 2.68 bits per heavy atom. The third-order valence-corrected chi connectivity index (χ3v) is 4.56. The summed E-state index contributed by atoms with van der Waals surface area (Å²) in [6, 6.07) is 13.3. The monoisotopic (exact) mass is 400 g/mol. The summed E-state index contributed by atoms with van der Waals surface area (Å²) in [5.41, 5.74) is -0.437. The Hall–Kier alpha value is -3.53. The fourth-order valence-corrected chi connectivity index (χ4v) is 3.04. The maximum absolute atomic E-state index is 12.5. The molecule has 144 valence electrons. The van der Waals surface area contributed by atoms with Gasteiger partial charge in [-0.05, 0) is 24.3 Å². The molecule has 3 rings (SSSR count). The number of hydrogen-bond donors (Lipinski definition) is 1. The van der Waals surface area contributed by atoms with Crippen molar-refractivity contribution in [1.82, 2.24) is 10.2 Å². The van der Waals surface area contributed by atoms with Crippen LogP contribution in [-0.2, 0) is 6.42 Å². The second kappa shape index (κ2) is 8.91. The van der Waals surface area contributed by atoms with E-state index in [1.807, 2.05) is 30.3 Å². The van der Waals surface area contributed by atoms with Gasteiger partial charge in [-0.15, -0.1) is 10.2 Å². The van der Waals surface area contributed by atoms with Gasteiger partial charge < -0.3 is 9.47 Å². The van der Waals surface area contributed by atoms with Gasteiger partial charge in [0, 0.05) is 12.5 Å². The van der Waals surface area contributed by atoms with E-state index in [0.717, 1.165) is 5.75 Å². The van der Waals surface area contributed by atoms with E-state index in [2.05, 4.69) is 15.5 Å². The first-order valence-corrected chi connectivity index (χ1v) is 9.02. The number of nitrogens with one attached hydrogen (secondary N) is 1. The van der Waals surface area contributed by atoms with Crippen LogP contribution in [0.5, 0.6) is 11.5 Å². The molecule has 3 aromatic rings. The predicted molar refractivity (Wildman–Crippen MR) is 103 cm³/mol. The normalized spacial score (nSPS) is 10.3. The number of carbonyl (C=O) groups is 1. The van der Waals surface area contributed by atoms with Crippen LogP contribution < -0.4 is 14.8 Å². The number of methoxy groups -OCH3 is 1. The van der Waals surface area contributed by atoms with E-state index in [9.17, 15) is 14.9 Å². The molecule has 0 bridgehead atoms. The fraction of sp³-hybridized carbons (Fsp3) is 0.167. The highest BCUT2D eigenvalue weighted by atomic mass is 32.1. The number of anilines is 1. The zero-order valence-electron chi connectivity index (χ0n) is 14.8. The highest BCUT2D eigenvalue weighted by Crippen LogP contribution is 2.25. The van der Waals surface area contributed by atoms with Crippen molar-refractivity contribution in [2.45, 2.75) is 6.42 Å². The van der Waals surface area contributed by atoms with Crippen LogP contribution in [0, 0.1) is 10.1 Å². The smallest absolute Gasteiger partial charge is 0.282 e. The van der Waals surface area contributed by atoms with E-state index >= 15 is 0 Å². The van der Waals surface area contributed by atoms with Crippen LogP contribution >= 0.6 is 11.3 Å². The summed E-state index contributed by atoms with van der Waals surface area (Å²) in [5, 5.41) is 22.5. The summed E-state index contributed by atoms with van der Waals surface area (Å²) in [5.74, 6) is 0.437. The fourth-order valence-electron chi connectivity index (χ4n) is 2.33. The number of aromatic nitrogens is 2. The van der Waals surface area contributed by atoms with E-state index in [1.165, 1.54) is 36.6 Å². The zero-order chi connectivity index (χ0) is 19.9. The molecular formula is C18H16N4O5S. The van der Waals surface area contributed by atoms with Gasteiger partial charge in [0.25, 0.3) is 11.6 Å². The SMILES string of the molecule is COc1ccc([N+](=O)[O-])c(C(=O)Nc2nnc(CCOc3ccccc3)s2)c1. The lowest BCUT2D eigenvalue weighted by Crippen LogP contribution is -2.14. The van der Waals surface area contributed by atoms with E-state index in [1.54, 1.807) is 0 Å². The molecule has 0 unspecified atom stereocenters. The third kappa shape index (κ3) is 4.80. The van der Waals surface area contributed by atoms with Crippen LogP contribution in [-0.4, -0.2) is 34.7 Å². The van der Waals surface area contributed by atoms with E-state index in [0.29, 0.717) is 23.8 Å². The van der Waals surface area contributed by atoms with Crippen molar-refractivity contribution in [3.8, 4) is 11.5 Å². The van der Waals surface area contributed by atoms with Crippen LogP contribution in [0.3, 0.4) is 0 Å². The number of rotatable bonds is 8. The van der Waals surface area contributed by atoms with E-state index < -0.39 is 10.8 Å². The van der Waals surface area contributed by atoms with Gasteiger partial charge in [0.1, 0.15) is 22.1 Å². The summed E-state index contributed by atoms with van der Waals surface area (Å²) in [7, 11) is 1.41. The van der Waals surface area contributed by atoms with Crippen molar-refractivity contribution in [3.05, 3.63) is 69.2 Å². The van der Waals surface area contributed by atoms with Gasteiger partial charge >= 0.3 is 0 Å². The first-order valence-electron chi connectivity index (χ1n) is 8.21. The summed E-state index contributed by atoms with van der Waals surface area (Å²) < 4.78 is 10.6. The van der Waals surface area contributed by atoms with Crippen molar-refractivity contribution >= 4 is 28.1 Å². The summed E-state index contributed by atoms with van der Waals surface area (Å²) >= 11 is 1.18. The molecule has 0 fully saturated rings. The average Bonchev–Trinajstić information content (AvgIpc) is 3.15. The summed E-state index contributed by atoms with van der Waals surface area (Å²) in [6.45, 7) is 0.411. The summed E-state index contributed by atoms with van der Waals surface area (Å²) in [6.07, 6.45) is 0.516. The molecule has 1 aromatic heterocycles. The largest absolute Gasteiger partial charge is 0.497 e. The van der Waals surface area contributed by atoms with Crippen molar-refractivity contribution in [1.29, 1.82) is 0 Å². The van der Waals surface area contributed by atoms with Crippen LogP contribution in [0.15, 0.2) is 48.5 Å². The number of amides is 1. The standard InChI is InChI=1S/C18H16N4O5S/c1-26-13-7-8-15(22(24)25)14(11-13)17(23)19-18-21-20-16(28-18)9-10-27-12-5-3-2-4-6-12/h2-8,11H,9-10H2,1H3,(H,19,21,23). The molecule has 1 heterocycles. The Balaban J connectivity index is 1.63. The molecule has 28 heavy (non-hydrogen) atoms. The molecule has 1 amide bonds. The maximum atomic E-state index is 12.5. The minimum atomic E-state index is -0.658. The van der Waals surface area contributed by atoms with Gasteiger partial charge in [0.05, 0.1) is 18.6 Å². The van der Waals surface area contributed by atoms with Gasteiger partial charge in [0.2, 0.25) is 5.13 Å². The molecule has 0 atom stereocenters. The highest BCUT2D eigenvalue weighted by Gasteiger charge is 2.22. The maximum Gasteiger partial charge on any atom is 0.282 e. The average molecular weight is 400 g/mol. The zero-order valence-corrected chi connectivity index (χ0v) is 15.6. The molecular weight excluding hydrogens is 384 g/mol. The lowest BCUT2D eigenvalue weighted by atomic mass is 10.1. The van der Waals surface area contributed by atoms with Crippen LogP contribution in [0.2, 0.25) is 0 Å². The first-order chi connectivity index (χ1) is 13.6. The van der Waals surface area contributed by atoms with Crippen molar-refractivity contribution < 1.29 is 19.2 Å². The number of carbonyl (C=O) groups excluding carboxylic acids is 1. The van der Waals surface area contributed by atoms with Gasteiger partial charge in [0.15, 0.2) is 0 Å².